The molecule has 0 bridgehead atoms. The summed E-state index contributed by atoms with van der Waals surface area (Å²) in [6, 6.07) is 8.38. The second-order valence-electron chi connectivity index (χ2n) is 6.33. The van der Waals surface area contributed by atoms with Crippen LogP contribution in [0.25, 0.3) is 0 Å². The zero-order chi connectivity index (χ0) is 18.1. The van der Waals surface area contributed by atoms with Crippen LogP contribution >= 0.6 is 0 Å². The minimum Gasteiger partial charge on any atom is -0.481 e. The fraction of sp³-hybridized carbons (Fsp3) is 0.500. The Hall–Kier alpha value is -2.57. The number of amides is 1. The predicted octanol–water partition coefficient (Wildman–Crippen LogP) is 2.95. The van der Waals surface area contributed by atoms with E-state index in [9.17, 15) is 14.4 Å². The molecule has 0 unspecified atom stereocenters. The Morgan fingerprint density at radius 2 is 1.72 bits per heavy atom. The molecular formula is C18H23NO6. The van der Waals surface area contributed by atoms with Crippen LogP contribution in [0.2, 0.25) is 0 Å². The molecule has 0 saturated heterocycles. The van der Waals surface area contributed by atoms with Crippen LogP contribution in [0, 0.1) is 5.41 Å². The van der Waals surface area contributed by atoms with Crippen molar-refractivity contribution in [2.45, 2.75) is 38.5 Å². The summed E-state index contributed by atoms with van der Waals surface area (Å²) in [7, 11) is 0. The topological polar surface area (TPSA) is 102 Å². The van der Waals surface area contributed by atoms with Gasteiger partial charge in [0.2, 0.25) is 6.79 Å². The zero-order valence-electron chi connectivity index (χ0n) is 14.0. The van der Waals surface area contributed by atoms with Gasteiger partial charge < -0.3 is 19.9 Å². The van der Waals surface area contributed by atoms with Gasteiger partial charge in [0, 0.05) is 6.54 Å². The summed E-state index contributed by atoms with van der Waals surface area (Å²) < 4.78 is 9.70. The molecule has 0 spiro atoms. The first-order valence-electron chi connectivity index (χ1n) is 8.35. The number of aliphatic carboxylic acids is 1. The first kappa shape index (κ1) is 18.8. The monoisotopic (exact) mass is 349 g/mol. The van der Waals surface area contributed by atoms with Gasteiger partial charge in [0.1, 0.15) is 0 Å². The number of carbonyl (C=O) groups excluding carboxylic acids is 2. The maximum Gasteiger partial charge on any atom is 0.410 e. The second kappa shape index (κ2) is 9.05. The number of hydrogen-bond acceptors (Lipinski definition) is 5. The van der Waals surface area contributed by atoms with Crippen molar-refractivity contribution in [1.29, 1.82) is 0 Å². The maximum atomic E-state index is 11.8. The highest BCUT2D eigenvalue weighted by molar-refractivity contribution is 5.89. The van der Waals surface area contributed by atoms with Gasteiger partial charge in [-0.25, -0.2) is 9.59 Å². The van der Waals surface area contributed by atoms with Crippen molar-refractivity contribution in [3.63, 3.8) is 0 Å². The Labute approximate surface area is 146 Å². The van der Waals surface area contributed by atoms with Gasteiger partial charge in [0.15, 0.2) is 0 Å². The van der Waals surface area contributed by atoms with E-state index in [0.717, 1.165) is 32.1 Å². The fourth-order valence-corrected chi connectivity index (χ4v) is 3.14. The van der Waals surface area contributed by atoms with Gasteiger partial charge in [-0.2, -0.15) is 0 Å². The van der Waals surface area contributed by atoms with Gasteiger partial charge in [-0.15, -0.1) is 0 Å². The quantitative estimate of drug-likeness (QED) is 0.580. The third-order valence-electron chi connectivity index (χ3n) is 4.44. The average molecular weight is 349 g/mol. The zero-order valence-corrected chi connectivity index (χ0v) is 14.0. The van der Waals surface area contributed by atoms with Crippen molar-refractivity contribution < 1.29 is 29.0 Å². The molecule has 2 rings (SSSR count). The molecule has 136 valence electrons. The minimum atomic E-state index is -0.867. The van der Waals surface area contributed by atoms with Crippen LogP contribution in [0.5, 0.6) is 0 Å². The molecule has 0 aliphatic heterocycles. The van der Waals surface area contributed by atoms with Gasteiger partial charge in [0.05, 0.1) is 12.0 Å². The van der Waals surface area contributed by atoms with Crippen molar-refractivity contribution in [1.82, 2.24) is 5.32 Å². The third kappa shape index (κ3) is 6.10. The van der Waals surface area contributed by atoms with Crippen LogP contribution in [0.15, 0.2) is 30.3 Å². The number of esters is 1. The molecular weight excluding hydrogens is 326 g/mol. The first-order chi connectivity index (χ1) is 12.0. The van der Waals surface area contributed by atoms with E-state index in [4.69, 9.17) is 14.6 Å². The molecule has 1 aromatic rings. The van der Waals surface area contributed by atoms with E-state index in [-0.39, 0.29) is 13.0 Å². The second-order valence-corrected chi connectivity index (χ2v) is 6.33. The Bertz CT molecular complexity index is 595. The lowest BCUT2D eigenvalue weighted by Crippen LogP contribution is -2.40. The number of rotatable bonds is 7. The number of benzene rings is 1. The Morgan fingerprint density at radius 3 is 2.36 bits per heavy atom. The normalized spacial score (nSPS) is 15.8. The number of nitrogens with one attached hydrogen (secondary N) is 1. The molecule has 1 aromatic carbocycles. The van der Waals surface area contributed by atoms with Crippen molar-refractivity contribution >= 4 is 18.0 Å². The van der Waals surface area contributed by atoms with Gasteiger partial charge in [-0.1, -0.05) is 37.5 Å². The van der Waals surface area contributed by atoms with Crippen LogP contribution in [0.4, 0.5) is 4.79 Å². The molecule has 2 N–H and O–H groups in total. The van der Waals surface area contributed by atoms with Gasteiger partial charge in [-0.05, 0) is 30.4 Å². The molecule has 25 heavy (non-hydrogen) atoms. The van der Waals surface area contributed by atoms with Gasteiger partial charge in [0.25, 0.3) is 0 Å². The largest absolute Gasteiger partial charge is 0.481 e. The summed E-state index contributed by atoms with van der Waals surface area (Å²) in [6.45, 7) is -0.254. The van der Waals surface area contributed by atoms with Crippen LogP contribution in [-0.4, -0.2) is 36.5 Å². The molecule has 0 atom stereocenters. The summed E-state index contributed by atoms with van der Waals surface area (Å²) >= 11 is 0. The molecule has 1 amide bonds. The molecule has 0 aromatic heterocycles. The van der Waals surface area contributed by atoms with Crippen molar-refractivity contribution in [2.24, 2.45) is 5.41 Å². The summed E-state index contributed by atoms with van der Waals surface area (Å²) in [6.07, 6.45) is 3.83. The van der Waals surface area contributed by atoms with Crippen molar-refractivity contribution in [3.05, 3.63) is 35.9 Å². The van der Waals surface area contributed by atoms with E-state index < -0.39 is 30.2 Å². The predicted molar refractivity (Wildman–Crippen MR) is 89.0 cm³/mol. The highest BCUT2D eigenvalue weighted by atomic mass is 16.7. The Kier molecular flexibility index (Phi) is 6.80. The molecule has 0 heterocycles. The lowest BCUT2D eigenvalue weighted by Gasteiger charge is -2.36. The smallest absolute Gasteiger partial charge is 0.410 e. The number of carboxylic acid groups (broad SMARTS) is 1. The van der Waals surface area contributed by atoms with E-state index in [0.29, 0.717) is 5.56 Å². The van der Waals surface area contributed by atoms with E-state index >= 15 is 0 Å². The van der Waals surface area contributed by atoms with Crippen LogP contribution in [0.1, 0.15) is 48.9 Å². The average Bonchev–Trinajstić information content (AvgIpc) is 2.61. The van der Waals surface area contributed by atoms with Crippen LogP contribution < -0.4 is 5.32 Å². The standard InChI is InChI=1S/C18H23NO6/c20-15(21)11-18(9-5-2-6-10-18)12-19-17(23)25-13-24-16(22)14-7-3-1-4-8-14/h1,3-4,7-8H,2,5-6,9-13H2,(H,19,23)(H,20,21). The van der Waals surface area contributed by atoms with E-state index in [1.54, 1.807) is 30.3 Å². The third-order valence-corrected chi connectivity index (χ3v) is 4.44. The summed E-state index contributed by atoms with van der Waals surface area (Å²) in [5.41, 5.74) is -0.0572. The van der Waals surface area contributed by atoms with Crippen LogP contribution in [-0.2, 0) is 14.3 Å². The Balaban J connectivity index is 1.73. The minimum absolute atomic E-state index is 0.0241. The maximum absolute atomic E-state index is 11.8. The molecule has 0 radical (unpaired) electrons. The van der Waals surface area contributed by atoms with E-state index in [2.05, 4.69) is 5.32 Å². The number of carboxylic acids is 1. The molecule has 7 heteroatoms. The van der Waals surface area contributed by atoms with Crippen LogP contribution in [0.3, 0.4) is 0 Å². The fourth-order valence-electron chi connectivity index (χ4n) is 3.14. The summed E-state index contributed by atoms with van der Waals surface area (Å²) in [5, 5.41) is 11.7. The molecule has 1 saturated carbocycles. The highest BCUT2D eigenvalue weighted by Gasteiger charge is 2.34. The molecule has 1 aliphatic carbocycles. The van der Waals surface area contributed by atoms with E-state index in [1.165, 1.54) is 0 Å². The number of alkyl carbamates (subject to hydrolysis) is 1. The highest BCUT2D eigenvalue weighted by Crippen LogP contribution is 2.38. The first-order valence-corrected chi connectivity index (χ1v) is 8.35. The molecule has 1 fully saturated rings. The number of ether oxygens (including phenoxy) is 2. The summed E-state index contributed by atoms with van der Waals surface area (Å²) in [5.74, 6) is -1.45. The lowest BCUT2D eigenvalue weighted by atomic mass is 9.72. The van der Waals surface area contributed by atoms with E-state index in [1.807, 2.05) is 0 Å². The SMILES string of the molecule is O=C(O)CC1(CNC(=O)OCOC(=O)c2ccccc2)CCCCC1. The van der Waals surface area contributed by atoms with Gasteiger partial charge in [-0.3, -0.25) is 4.79 Å². The Morgan fingerprint density at radius 1 is 1.04 bits per heavy atom. The molecule has 7 nitrogen and oxygen atoms in total. The molecule has 1 aliphatic rings. The van der Waals surface area contributed by atoms with Crippen molar-refractivity contribution in [2.75, 3.05) is 13.3 Å². The summed E-state index contributed by atoms with van der Waals surface area (Å²) in [4.78, 5) is 34.6. The number of carbonyl (C=O) groups is 3. The van der Waals surface area contributed by atoms with Gasteiger partial charge >= 0.3 is 18.0 Å². The lowest BCUT2D eigenvalue weighted by molar-refractivity contribution is -0.140. The van der Waals surface area contributed by atoms with Crippen molar-refractivity contribution in [3.8, 4) is 0 Å². The number of hydrogen-bond donors (Lipinski definition) is 2.